The van der Waals surface area contributed by atoms with Gasteiger partial charge in [0.25, 0.3) is 5.91 Å². The summed E-state index contributed by atoms with van der Waals surface area (Å²) in [6, 6.07) is 6.91. The number of benzene rings is 1. The van der Waals surface area contributed by atoms with E-state index in [-0.39, 0.29) is 61.7 Å². The number of ether oxygens (including phenoxy) is 1. The normalized spacial score (nSPS) is 21.0. The fraction of sp³-hybridized carbons (Fsp3) is 0.529. The average Bonchev–Trinajstić information content (AvgIpc) is 3.69. The average molecular weight is 679 g/mol. The largest absolute Gasteiger partial charge is 0.444 e. The van der Waals surface area contributed by atoms with E-state index in [1.54, 1.807) is 58.7 Å². The van der Waals surface area contributed by atoms with Crippen LogP contribution in [-0.2, 0) is 19.1 Å². The van der Waals surface area contributed by atoms with Crippen LogP contribution in [0.3, 0.4) is 0 Å². The van der Waals surface area contributed by atoms with Gasteiger partial charge < -0.3 is 34.6 Å². The molecule has 5 rings (SSSR count). The molecular weight excluding hydrogens is 636 g/mol. The number of anilines is 1. The third-order valence-electron chi connectivity index (χ3n) is 9.15. The molecule has 4 heterocycles. The number of aromatic nitrogens is 1. The lowest BCUT2D eigenvalue weighted by Gasteiger charge is -2.44. The summed E-state index contributed by atoms with van der Waals surface area (Å²) in [5.74, 6) is -0.937. The van der Waals surface area contributed by atoms with Crippen molar-refractivity contribution in [2.45, 2.75) is 64.5 Å². The summed E-state index contributed by atoms with van der Waals surface area (Å²) in [5, 5.41) is 14.7. The number of nitrogens with one attached hydrogen (secondary N) is 2. The van der Waals surface area contributed by atoms with Gasteiger partial charge in [0.15, 0.2) is 11.4 Å². The number of rotatable bonds is 7. The number of nitrogens with zero attached hydrogens (tertiary/aromatic N) is 6. The Morgan fingerprint density at radius 3 is 2.56 bits per heavy atom. The highest BCUT2D eigenvalue weighted by atomic mass is 35.5. The van der Waals surface area contributed by atoms with Crippen LogP contribution in [-0.4, -0.2) is 113 Å². The summed E-state index contributed by atoms with van der Waals surface area (Å²) in [6.07, 6.45) is 4.26. The fourth-order valence-electron chi connectivity index (χ4n) is 6.68. The first-order valence-corrected chi connectivity index (χ1v) is 16.8. The van der Waals surface area contributed by atoms with Crippen molar-refractivity contribution in [2.75, 3.05) is 51.1 Å². The number of H-pyrrole nitrogens is 1. The summed E-state index contributed by atoms with van der Waals surface area (Å²) in [5.41, 5.74) is 0.279. The lowest BCUT2D eigenvalue weighted by Crippen LogP contribution is -2.59. The molecule has 13 nitrogen and oxygen atoms in total. The highest BCUT2D eigenvalue weighted by Gasteiger charge is 2.41. The standard InChI is InChI=1S/C34H43ClN8O5/c1-34(2,3)48-33(47)42-16-17-43(27(20-42)22-10-11-28(44)41(15-12-22)21-29(45)40-13-5-6-14-40)32(46)24(18-36)31(37-4)39-26-9-7-8-23-25(35)19-38-30(23)26/h7-9,19,22,27,38-39H,4-6,10-17,20-21H2,1-3H3/b31-24+. The van der Waals surface area contributed by atoms with Crippen LogP contribution in [0.15, 0.2) is 40.8 Å². The minimum absolute atomic E-state index is 0.0170. The smallest absolute Gasteiger partial charge is 0.410 e. The van der Waals surface area contributed by atoms with E-state index in [0.717, 1.165) is 18.2 Å². The first kappa shape index (κ1) is 34.8. The van der Waals surface area contributed by atoms with Gasteiger partial charge in [-0.3, -0.25) is 14.4 Å². The van der Waals surface area contributed by atoms with Crippen LogP contribution in [0.1, 0.15) is 52.9 Å². The van der Waals surface area contributed by atoms with Crippen molar-refractivity contribution in [2.24, 2.45) is 10.9 Å². The molecule has 14 heteroatoms. The molecule has 1 aromatic heterocycles. The molecule has 2 unspecified atom stereocenters. The zero-order chi connectivity index (χ0) is 34.6. The van der Waals surface area contributed by atoms with Crippen LogP contribution in [0.25, 0.3) is 10.9 Å². The number of fused-ring (bicyclic) bond motifs is 1. The Hall–Kier alpha value is -4.57. The van der Waals surface area contributed by atoms with E-state index >= 15 is 0 Å². The van der Waals surface area contributed by atoms with Crippen LogP contribution in [0, 0.1) is 17.2 Å². The Kier molecular flexibility index (Phi) is 10.6. The summed E-state index contributed by atoms with van der Waals surface area (Å²) >= 11 is 6.30. The van der Waals surface area contributed by atoms with Crippen molar-refractivity contribution in [1.82, 2.24) is 24.6 Å². The Morgan fingerprint density at radius 2 is 1.88 bits per heavy atom. The van der Waals surface area contributed by atoms with Crippen molar-refractivity contribution < 1.29 is 23.9 Å². The molecule has 2 atom stereocenters. The number of likely N-dealkylation sites (tertiary alicyclic amines) is 2. The molecule has 3 saturated heterocycles. The van der Waals surface area contributed by atoms with Gasteiger partial charge in [-0.05, 0) is 65.2 Å². The maximum Gasteiger partial charge on any atom is 0.410 e. The van der Waals surface area contributed by atoms with Gasteiger partial charge >= 0.3 is 6.09 Å². The van der Waals surface area contributed by atoms with Crippen LogP contribution in [0.2, 0.25) is 5.02 Å². The minimum atomic E-state index is -0.713. The van der Waals surface area contributed by atoms with Gasteiger partial charge in [0.1, 0.15) is 11.7 Å². The van der Waals surface area contributed by atoms with E-state index in [0.29, 0.717) is 48.7 Å². The molecule has 3 aliphatic rings. The molecule has 0 saturated carbocycles. The van der Waals surface area contributed by atoms with E-state index in [1.807, 2.05) is 12.1 Å². The van der Waals surface area contributed by atoms with Crippen molar-refractivity contribution >= 4 is 58.7 Å². The molecule has 2 N–H and O–H groups in total. The highest BCUT2D eigenvalue weighted by molar-refractivity contribution is 6.36. The molecule has 48 heavy (non-hydrogen) atoms. The van der Waals surface area contributed by atoms with E-state index < -0.39 is 23.6 Å². The second kappa shape index (κ2) is 14.7. The third-order valence-corrected chi connectivity index (χ3v) is 9.46. The van der Waals surface area contributed by atoms with Crippen LogP contribution in [0.5, 0.6) is 0 Å². The van der Waals surface area contributed by atoms with Gasteiger partial charge in [-0.2, -0.15) is 5.26 Å². The SMILES string of the molecule is C=N/C(Nc1cccc2c(Cl)c[nH]c12)=C(/C#N)C(=O)N1CCN(C(=O)OC(C)(C)C)CC1C1CCC(=O)N(CC(=O)N2CCCC2)CC1. The maximum atomic E-state index is 14.3. The number of amides is 4. The highest BCUT2D eigenvalue weighted by Crippen LogP contribution is 2.32. The summed E-state index contributed by atoms with van der Waals surface area (Å²) < 4.78 is 5.66. The molecule has 0 radical (unpaired) electrons. The third kappa shape index (κ3) is 7.76. The van der Waals surface area contributed by atoms with E-state index in [2.05, 4.69) is 22.0 Å². The quantitative estimate of drug-likeness (QED) is 0.250. The second-order valence-electron chi connectivity index (χ2n) is 13.5. The fourth-order valence-corrected chi connectivity index (χ4v) is 6.89. The first-order chi connectivity index (χ1) is 22.9. The number of aliphatic imine (C=N–C) groups is 1. The van der Waals surface area contributed by atoms with Gasteiger partial charge in [0.05, 0.1) is 28.8 Å². The number of hydrogen-bond acceptors (Lipinski definition) is 8. The number of hydrogen-bond donors (Lipinski definition) is 2. The van der Waals surface area contributed by atoms with Crippen LogP contribution in [0.4, 0.5) is 10.5 Å². The van der Waals surface area contributed by atoms with Gasteiger partial charge in [0.2, 0.25) is 11.8 Å². The number of aromatic amines is 1. The summed E-state index contributed by atoms with van der Waals surface area (Å²) in [7, 11) is 0. The molecule has 4 amide bonds. The van der Waals surface area contributed by atoms with Crippen LogP contribution < -0.4 is 5.32 Å². The van der Waals surface area contributed by atoms with E-state index in [1.165, 1.54) is 0 Å². The Balaban J connectivity index is 1.41. The first-order valence-electron chi connectivity index (χ1n) is 16.4. The van der Waals surface area contributed by atoms with Crippen LogP contribution >= 0.6 is 11.6 Å². The lowest BCUT2D eigenvalue weighted by molar-refractivity contribution is -0.139. The maximum absolute atomic E-state index is 14.3. The van der Waals surface area contributed by atoms with Crippen molar-refractivity contribution in [3.05, 3.63) is 40.8 Å². The Morgan fingerprint density at radius 1 is 1.12 bits per heavy atom. The zero-order valence-corrected chi connectivity index (χ0v) is 28.5. The molecule has 1 aromatic carbocycles. The van der Waals surface area contributed by atoms with Crippen molar-refractivity contribution in [1.29, 1.82) is 5.26 Å². The van der Waals surface area contributed by atoms with Gasteiger partial charge in [-0.1, -0.05) is 23.7 Å². The molecule has 0 spiro atoms. The number of para-hydroxylation sites is 1. The number of carbonyl (C=O) groups is 4. The molecule has 0 aliphatic carbocycles. The lowest BCUT2D eigenvalue weighted by atomic mass is 9.88. The summed E-state index contributed by atoms with van der Waals surface area (Å²) in [6.45, 7) is 11.3. The zero-order valence-electron chi connectivity index (χ0n) is 27.8. The molecule has 2 aromatic rings. The van der Waals surface area contributed by atoms with Gasteiger partial charge in [-0.15, -0.1) is 0 Å². The number of carbonyl (C=O) groups excluding carboxylic acids is 4. The number of halogens is 1. The monoisotopic (exact) mass is 678 g/mol. The molecule has 256 valence electrons. The molecule has 3 aliphatic heterocycles. The van der Waals surface area contributed by atoms with Gasteiger partial charge in [-0.25, -0.2) is 9.79 Å². The Bertz CT molecular complexity index is 1650. The number of piperazine rings is 1. The molecule has 0 bridgehead atoms. The minimum Gasteiger partial charge on any atom is -0.444 e. The molecular formula is C34H43ClN8O5. The van der Waals surface area contributed by atoms with Crippen molar-refractivity contribution in [3.63, 3.8) is 0 Å². The van der Waals surface area contributed by atoms with E-state index in [9.17, 15) is 24.4 Å². The van der Waals surface area contributed by atoms with Crippen molar-refractivity contribution in [3.8, 4) is 6.07 Å². The van der Waals surface area contributed by atoms with Gasteiger partial charge in [0, 0.05) is 57.3 Å². The van der Waals surface area contributed by atoms with E-state index in [4.69, 9.17) is 16.3 Å². The number of nitriles is 1. The summed E-state index contributed by atoms with van der Waals surface area (Å²) in [4.78, 5) is 67.3. The topological polar surface area (TPSA) is 154 Å². The predicted molar refractivity (Wildman–Crippen MR) is 182 cm³/mol. The molecule has 3 fully saturated rings. The predicted octanol–water partition coefficient (Wildman–Crippen LogP) is 4.37. The Labute approximate surface area is 285 Å². The second-order valence-corrected chi connectivity index (χ2v) is 13.9.